The van der Waals surface area contributed by atoms with Crippen molar-refractivity contribution in [2.24, 2.45) is 23.7 Å². The molecule has 0 aliphatic heterocycles. The van der Waals surface area contributed by atoms with Crippen molar-refractivity contribution in [3.8, 4) is 0 Å². The molecule has 0 bridgehead atoms. The van der Waals surface area contributed by atoms with Gasteiger partial charge in [0.2, 0.25) is 0 Å². The van der Waals surface area contributed by atoms with Crippen LogP contribution in [0.25, 0.3) is 0 Å². The predicted octanol–water partition coefficient (Wildman–Crippen LogP) is 19.3. The summed E-state index contributed by atoms with van der Waals surface area (Å²) in [6, 6.07) is 0. The molecule has 0 aliphatic carbocycles. The standard InChI is InChI=1S/C69H134O17P2/c1-59(2)45-37-29-21-14-12-10-9-11-13-15-27-35-43-51-68(73)85-64(55-79-66(71)49-41-33-25-18-16-22-30-38-46-60(3)4)57-83-87(75,76)81-53-63(70)54-82-88(77,78)84-58-65(86-69(74)52-44-36-28-20-24-32-40-48-62(7)8)56-80-67(72)50-42-34-26-19-17-23-31-39-47-61(5)6/h59-65,70H,9-58H2,1-8H3,(H,75,76)(H,77,78)/t63?,64-,65-/m1/s1. The van der Waals surface area contributed by atoms with Crippen LogP contribution in [0.2, 0.25) is 0 Å². The molecule has 0 saturated heterocycles. The van der Waals surface area contributed by atoms with E-state index in [0.717, 1.165) is 108 Å². The van der Waals surface area contributed by atoms with Crippen molar-refractivity contribution in [2.45, 2.75) is 356 Å². The normalized spacial score (nSPS) is 14.3. The predicted molar refractivity (Wildman–Crippen MR) is 354 cm³/mol. The lowest BCUT2D eigenvalue weighted by Crippen LogP contribution is -2.30. The number of unbranched alkanes of at least 4 members (excludes halogenated alkanes) is 32. The maximum Gasteiger partial charge on any atom is 0.472 e. The van der Waals surface area contributed by atoms with Crippen LogP contribution in [0.1, 0.15) is 338 Å². The van der Waals surface area contributed by atoms with E-state index in [0.29, 0.717) is 31.6 Å². The molecule has 0 aromatic heterocycles. The van der Waals surface area contributed by atoms with Crippen molar-refractivity contribution in [3.05, 3.63) is 0 Å². The quantitative estimate of drug-likeness (QED) is 0.0222. The Morgan fingerprint density at radius 2 is 0.477 bits per heavy atom. The molecule has 0 saturated carbocycles. The minimum atomic E-state index is -4.95. The molecule has 0 amide bonds. The second kappa shape index (κ2) is 58.8. The maximum atomic E-state index is 13.0. The van der Waals surface area contributed by atoms with E-state index in [2.05, 4.69) is 55.4 Å². The first-order valence-electron chi connectivity index (χ1n) is 35.7. The molecule has 5 atom stereocenters. The summed E-state index contributed by atoms with van der Waals surface area (Å²) in [7, 11) is -9.90. The van der Waals surface area contributed by atoms with Crippen molar-refractivity contribution in [3.63, 3.8) is 0 Å². The molecular formula is C69H134O17P2. The van der Waals surface area contributed by atoms with E-state index in [4.69, 9.17) is 37.0 Å². The zero-order valence-corrected chi connectivity index (χ0v) is 59.1. The lowest BCUT2D eigenvalue weighted by molar-refractivity contribution is -0.161. The van der Waals surface area contributed by atoms with Crippen LogP contribution in [0.3, 0.4) is 0 Å². The molecule has 0 aromatic rings. The van der Waals surface area contributed by atoms with Crippen LogP contribution in [0, 0.1) is 23.7 Å². The average Bonchev–Trinajstić information content (AvgIpc) is 3.67. The van der Waals surface area contributed by atoms with Crippen molar-refractivity contribution in [1.29, 1.82) is 0 Å². The summed E-state index contributed by atoms with van der Waals surface area (Å²) in [5, 5.41) is 10.6. The van der Waals surface area contributed by atoms with Gasteiger partial charge in [0.25, 0.3) is 0 Å². The van der Waals surface area contributed by atoms with Gasteiger partial charge in [-0.2, -0.15) is 0 Å². The van der Waals surface area contributed by atoms with E-state index < -0.39 is 97.5 Å². The Kier molecular flexibility index (Phi) is 57.6. The maximum absolute atomic E-state index is 13.0. The Hall–Kier alpha value is -1.94. The lowest BCUT2D eigenvalue weighted by Gasteiger charge is -2.21. The zero-order valence-electron chi connectivity index (χ0n) is 57.3. The molecule has 0 fully saturated rings. The second-order valence-electron chi connectivity index (χ2n) is 26.8. The fourth-order valence-corrected chi connectivity index (χ4v) is 11.9. The topological polar surface area (TPSA) is 237 Å². The molecule has 522 valence electrons. The van der Waals surface area contributed by atoms with Crippen molar-refractivity contribution in [1.82, 2.24) is 0 Å². The third-order valence-electron chi connectivity index (χ3n) is 15.8. The van der Waals surface area contributed by atoms with Crippen LogP contribution in [0.15, 0.2) is 0 Å². The monoisotopic (exact) mass is 1300 g/mol. The van der Waals surface area contributed by atoms with Crippen molar-refractivity contribution >= 4 is 39.5 Å². The Bertz CT molecular complexity index is 1750. The number of hydrogen-bond donors (Lipinski definition) is 3. The van der Waals surface area contributed by atoms with E-state index in [9.17, 15) is 43.2 Å². The van der Waals surface area contributed by atoms with Gasteiger partial charge >= 0.3 is 39.5 Å². The number of carbonyl (C=O) groups excluding carboxylic acids is 4. The molecule has 3 N–H and O–H groups in total. The number of ether oxygens (including phenoxy) is 4. The van der Waals surface area contributed by atoms with E-state index in [1.54, 1.807) is 0 Å². The number of hydrogen-bond acceptors (Lipinski definition) is 15. The van der Waals surface area contributed by atoms with Gasteiger partial charge in [0.15, 0.2) is 12.2 Å². The molecule has 88 heavy (non-hydrogen) atoms. The summed E-state index contributed by atoms with van der Waals surface area (Å²) in [6.07, 6.45) is 40.5. The number of rotatable bonds is 66. The Labute approximate surface area is 537 Å². The van der Waals surface area contributed by atoms with Gasteiger partial charge in [-0.25, -0.2) is 9.13 Å². The van der Waals surface area contributed by atoms with Crippen LogP contribution < -0.4 is 0 Å². The van der Waals surface area contributed by atoms with Crippen LogP contribution >= 0.6 is 15.6 Å². The summed E-state index contributed by atoms with van der Waals surface area (Å²) in [6.45, 7) is 14.0. The summed E-state index contributed by atoms with van der Waals surface area (Å²) in [5.41, 5.74) is 0. The van der Waals surface area contributed by atoms with Crippen LogP contribution in [-0.2, 0) is 65.4 Å². The van der Waals surface area contributed by atoms with Gasteiger partial charge in [-0.1, -0.05) is 287 Å². The third kappa shape index (κ3) is 62.8. The summed E-state index contributed by atoms with van der Waals surface area (Å²) >= 11 is 0. The summed E-state index contributed by atoms with van der Waals surface area (Å²) in [5.74, 6) is 0.801. The first-order chi connectivity index (χ1) is 42.1. The number of esters is 4. The first-order valence-corrected chi connectivity index (χ1v) is 38.7. The molecule has 3 unspecified atom stereocenters. The minimum Gasteiger partial charge on any atom is -0.462 e. The molecular weight excluding hydrogens is 1160 g/mol. The summed E-state index contributed by atoms with van der Waals surface area (Å²) < 4.78 is 68.2. The highest BCUT2D eigenvalue weighted by Gasteiger charge is 2.30. The van der Waals surface area contributed by atoms with Gasteiger partial charge in [0, 0.05) is 25.7 Å². The number of phosphoric acid groups is 2. The van der Waals surface area contributed by atoms with Gasteiger partial charge in [0.1, 0.15) is 19.3 Å². The smallest absolute Gasteiger partial charge is 0.462 e. The summed E-state index contributed by atoms with van der Waals surface area (Å²) in [4.78, 5) is 72.4. The highest BCUT2D eigenvalue weighted by Crippen LogP contribution is 2.45. The number of phosphoric ester groups is 2. The highest BCUT2D eigenvalue weighted by molar-refractivity contribution is 7.47. The molecule has 0 rings (SSSR count). The number of carbonyl (C=O) groups is 4. The third-order valence-corrected chi connectivity index (χ3v) is 17.7. The first kappa shape index (κ1) is 86.1. The van der Waals surface area contributed by atoms with E-state index in [1.165, 1.54) is 141 Å². The van der Waals surface area contributed by atoms with E-state index in [1.807, 2.05) is 0 Å². The lowest BCUT2D eigenvalue weighted by atomic mass is 10.0. The molecule has 17 nitrogen and oxygen atoms in total. The second-order valence-corrected chi connectivity index (χ2v) is 29.7. The Balaban J connectivity index is 5.24. The van der Waals surface area contributed by atoms with Crippen LogP contribution in [0.5, 0.6) is 0 Å². The number of aliphatic hydroxyl groups excluding tert-OH is 1. The SMILES string of the molecule is CC(C)CCCCCCCCCCCCCCCC(=O)O[C@H](COC(=O)CCCCCCCCCCC(C)C)COP(=O)(O)OCC(O)COP(=O)(O)OC[C@@H](COC(=O)CCCCCCCCCCC(C)C)OC(=O)CCCCCCCCCC(C)C. The Morgan fingerprint density at radius 1 is 0.284 bits per heavy atom. The van der Waals surface area contributed by atoms with Gasteiger partial charge in [0.05, 0.1) is 26.4 Å². The molecule has 0 aromatic carbocycles. The van der Waals surface area contributed by atoms with Gasteiger partial charge < -0.3 is 33.8 Å². The van der Waals surface area contributed by atoms with Crippen LogP contribution in [0.4, 0.5) is 0 Å². The van der Waals surface area contributed by atoms with E-state index in [-0.39, 0.29) is 25.7 Å². The fourth-order valence-electron chi connectivity index (χ4n) is 10.3. The highest BCUT2D eigenvalue weighted by atomic mass is 31.2. The molecule has 0 aliphatic rings. The minimum absolute atomic E-state index is 0.102. The van der Waals surface area contributed by atoms with Crippen LogP contribution in [-0.4, -0.2) is 96.7 Å². The fraction of sp³-hybridized carbons (Fsp3) is 0.942. The zero-order chi connectivity index (χ0) is 65.4. The molecule has 0 radical (unpaired) electrons. The average molecular weight is 1300 g/mol. The Morgan fingerprint density at radius 3 is 0.705 bits per heavy atom. The van der Waals surface area contributed by atoms with Gasteiger partial charge in [-0.15, -0.1) is 0 Å². The number of aliphatic hydroxyl groups is 1. The van der Waals surface area contributed by atoms with Crippen molar-refractivity contribution < 1.29 is 80.2 Å². The van der Waals surface area contributed by atoms with Crippen molar-refractivity contribution in [2.75, 3.05) is 39.6 Å². The van der Waals surface area contributed by atoms with E-state index >= 15 is 0 Å². The van der Waals surface area contributed by atoms with Gasteiger partial charge in [-0.3, -0.25) is 37.3 Å². The van der Waals surface area contributed by atoms with Gasteiger partial charge in [-0.05, 0) is 49.4 Å². The molecule has 0 spiro atoms. The molecule has 0 heterocycles. The molecule has 19 heteroatoms. The largest absolute Gasteiger partial charge is 0.472 e.